The number of halogens is 3. The molecule has 0 aromatic heterocycles. The van der Waals surface area contributed by atoms with Crippen molar-refractivity contribution in [2.24, 2.45) is 0 Å². The Bertz CT molecular complexity index is 1810. The molecule has 0 bridgehead atoms. The lowest BCUT2D eigenvalue weighted by atomic mass is 10.1. The smallest absolute Gasteiger partial charge is 0.270 e. The van der Waals surface area contributed by atoms with E-state index in [4.69, 9.17) is 5.11 Å². The second-order valence-corrected chi connectivity index (χ2v) is 15.0. The topological polar surface area (TPSA) is 149 Å². The quantitative estimate of drug-likeness (QED) is 0.0368. The number of nitrogens with one attached hydrogen (secondary N) is 4. The van der Waals surface area contributed by atoms with Crippen LogP contribution >= 0.6 is 61.1 Å². The van der Waals surface area contributed by atoms with Gasteiger partial charge in [-0.2, -0.15) is 0 Å². The molecular weight excluding hydrogens is 930 g/mol. The van der Waals surface area contributed by atoms with E-state index in [2.05, 4.69) is 106 Å². The first-order chi connectivity index (χ1) is 23.8. The Morgan fingerprint density at radius 1 is 0.760 bits per heavy atom. The molecule has 50 heavy (non-hydrogen) atoms. The third-order valence-electron chi connectivity index (χ3n) is 7.29. The molecule has 0 heterocycles. The zero-order chi connectivity index (χ0) is 36.8. The third-order valence-corrected chi connectivity index (χ3v) is 9.12. The number of aryl methyl sites for hydroxylation is 2. The van der Waals surface area contributed by atoms with Gasteiger partial charge in [-0.3, -0.25) is 19.7 Å². The number of carbonyl (C=O) groups excluding carboxylic acids is 2. The Morgan fingerprint density at radius 3 is 1.72 bits per heavy atom. The maximum Gasteiger partial charge on any atom is 0.270 e. The molecule has 4 rings (SSSR count). The van der Waals surface area contributed by atoms with Gasteiger partial charge in [0.05, 0.1) is 27.4 Å². The summed E-state index contributed by atoms with van der Waals surface area (Å²) in [5, 5.41) is 32.1. The summed E-state index contributed by atoms with van der Waals surface area (Å²) in [7, 11) is 4.06. The summed E-state index contributed by atoms with van der Waals surface area (Å²) >= 11 is 7.97. The van der Waals surface area contributed by atoms with E-state index < -0.39 is 10.8 Å². The molecule has 4 aromatic rings. The lowest BCUT2D eigenvalue weighted by Gasteiger charge is -2.15. The Kier molecular flexibility index (Phi) is 16.9. The molecule has 0 aliphatic rings. The van der Waals surface area contributed by atoms with Crippen molar-refractivity contribution in [1.82, 2.24) is 15.5 Å². The first-order valence-electron chi connectivity index (χ1n) is 15.8. The van der Waals surface area contributed by atoms with E-state index >= 15 is 0 Å². The average Bonchev–Trinajstić information content (AvgIpc) is 3.06. The van der Waals surface area contributed by atoms with Crippen molar-refractivity contribution in [3.8, 4) is 0 Å². The predicted molar refractivity (Wildman–Crippen MR) is 221 cm³/mol. The largest absolute Gasteiger partial charge is 0.396 e. The van der Waals surface area contributed by atoms with Crippen LogP contribution in [0.25, 0.3) is 0 Å². The molecule has 0 saturated carbocycles. The molecular formula is C36H41BrI2N6O5. The van der Waals surface area contributed by atoms with Crippen LogP contribution in [0.5, 0.6) is 0 Å². The number of hydrogen-bond donors (Lipinski definition) is 5. The first kappa shape index (κ1) is 41.1. The van der Waals surface area contributed by atoms with E-state index in [9.17, 15) is 19.7 Å². The molecule has 2 amide bonds. The number of rotatable bonds is 14. The van der Waals surface area contributed by atoms with Gasteiger partial charge < -0.3 is 31.3 Å². The highest BCUT2D eigenvalue weighted by atomic mass is 127. The lowest BCUT2D eigenvalue weighted by Crippen LogP contribution is -2.27. The molecule has 0 saturated heterocycles. The second-order valence-electron chi connectivity index (χ2n) is 11.6. The van der Waals surface area contributed by atoms with E-state index in [1.54, 1.807) is 0 Å². The van der Waals surface area contributed by atoms with Crippen molar-refractivity contribution < 1.29 is 19.6 Å². The number of nitrogens with zero attached hydrogens (tertiary/aromatic N) is 2. The molecule has 5 N–H and O–H groups in total. The summed E-state index contributed by atoms with van der Waals surface area (Å²) in [5.74, 6) is -0.492. The van der Waals surface area contributed by atoms with E-state index in [0.717, 1.165) is 49.2 Å². The Morgan fingerprint density at radius 2 is 1.24 bits per heavy atom. The zero-order valence-electron chi connectivity index (χ0n) is 28.3. The molecule has 14 heteroatoms. The van der Waals surface area contributed by atoms with E-state index in [1.165, 1.54) is 21.8 Å². The standard InChI is InChI=1S/C19H23BrIN3O.C17H18IN3O4/c1-13-11-15(21)6-8-17(13)23-18-7-5-14(20)12-16(18)19(25)22-9-4-10-24(2)3;1-11-9-12(18)3-5-15(11)20-16-6-4-13(21(24)25)10-14(16)17(23)19-7-2-8-22/h5-8,11-12,23H,4,9-10H2,1-3H3,(H,22,25);3-6,9-10,20,22H,2,7-8H2,1H3,(H,19,23). The number of nitro benzene ring substituents is 1. The summed E-state index contributed by atoms with van der Waals surface area (Å²) in [6.45, 7) is 5.86. The Hall–Kier alpha value is -3.32. The van der Waals surface area contributed by atoms with E-state index in [1.807, 2.05) is 63.5 Å². The van der Waals surface area contributed by atoms with E-state index in [0.29, 0.717) is 30.8 Å². The normalized spacial score (nSPS) is 10.6. The molecule has 0 fully saturated rings. The van der Waals surface area contributed by atoms with E-state index in [-0.39, 0.29) is 23.8 Å². The Balaban J connectivity index is 0.000000270. The van der Waals surface area contributed by atoms with Gasteiger partial charge in [0.25, 0.3) is 17.5 Å². The van der Waals surface area contributed by atoms with Crippen molar-refractivity contribution >= 4 is 101 Å². The molecule has 0 aliphatic carbocycles. The van der Waals surface area contributed by atoms with Crippen LogP contribution in [0, 0.1) is 31.1 Å². The first-order valence-corrected chi connectivity index (χ1v) is 18.7. The summed E-state index contributed by atoms with van der Waals surface area (Å²) < 4.78 is 3.16. The number of benzene rings is 4. The minimum Gasteiger partial charge on any atom is -0.396 e. The molecule has 0 radical (unpaired) electrons. The van der Waals surface area contributed by atoms with Gasteiger partial charge in [-0.05, 0) is 164 Å². The van der Waals surface area contributed by atoms with Crippen molar-refractivity contribution in [2.45, 2.75) is 26.7 Å². The van der Waals surface area contributed by atoms with Gasteiger partial charge in [-0.1, -0.05) is 15.9 Å². The summed E-state index contributed by atoms with van der Waals surface area (Å²) in [6.07, 6.45) is 1.34. The number of aliphatic hydroxyl groups excluding tert-OH is 1. The third kappa shape index (κ3) is 13.1. The SMILES string of the molecule is Cc1cc(I)ccc1Nc1ccc(Br)cc1C(=O)NCCCN(C)C.Cc1cc(I)ccc1Nc1ccc([N+](=O)[O-])cc1C(=O)NCCCO. The molecule has 0 atom stereocenters. The summed E-state index contributed by atoms with van der Waals surface area (Å²) in [6, 6.07) is 21.9. The monoisotopic (exact) mass is 970 g/mol. The predicted octanol–water partition coefficient (Wildman–Crippen LogP) is 8.15. The number of hydrogen-bond acceptors (Lipinski definition) is 8. The number of amides is 2. The number of aliphatic hydroxyl groups is 1. The highest BCUT2D eigenvalue weighted by Gasteiger charge is 2.18. The van der Waals surface area contributed by atoms with Crippen LogP contribution in [0.15, 0.2) is 77.3 Å². The van der Waals surface area contributed by atoms with Crippen LogP contribution in [0.3, 0.4) is 0 Å². The number of carbonyl (C=O) groups is 2. The van der Waals surface area contributed by atoms with Gasteiger partial charge in [-0.25, -0.2) is 0 Å². The maximum absolute atomic E-state index is 12.6. The number of non-ortho nitro benzene ring substituents is 1. The van der Waals surface area contributed by atoms with Crippen LogP contribution in [-0.2, 0) is 0 Å². The lowest BCUT2D eigenvalue weighted by molar-refractivity contribution is -0.384. The van der Waals surface area contributed by atoms with Gasteiger partial charge in [0.15, 0.2) is 0 Å². The van der Waals surface area contributed by atoms with Crippen LogP contribution in [0.4, 0.5) is 28.4 Å². The van der Waals surface area contributed by atoms with Crippen molar-refractivity contribution in [2.75, 3.05) is 51.0 Å². The fourth-order valence-corrected chi connectivity index (χ4v) is 6.30. The molecule has 0 aliphatic heterocycles. The van der Waals surface area contributed by atoms with Crippen molar-refractivity contribution in [1.29, 1.82) is 0 Å². The molecule has 266 valence electrons. The van der Waals surface area contributed by atoms with Gasteiger partial charge >= 0.3 is 0 Å². The highest BCUT2D eigenvalue weighted by Crippen LogP contribution is 2.29. The minimum atomic E-state index is -0.537. The Labute approximate surface area is 328 Å². The zero-order valence-corrected chi connectivity index (χ0v) is 34.2. The van der Waals surface area contributed by atoms with Crippen molar-refractivity contribution in [3.63, 3.8) is 0 Å². The van der Waals surface area contributed by atoms with Gasteiger partial charge in [0.1, 0.15) is 0 Å². The van der Waals surface area contributed by atoms with Gasteiger partial charge in [0, 0.05) is 54.8 Å². The van der Waals surface area contributed by atoms with Gasteiger partial charge in [-0.15, -0.1) is 0 Å². The molecule has 11 nitrogen and oxygen atoms in total. The van der Waals surface area contributed by atoms with Crippen LogP contribution < -0.4 is 21.3 Å². The van der Waals surface area contributed by atoms with Crippen LogP contribution in [0.2, 0.25) is 0 Å². The van der Waals surface area contributed by atoms with Crippen LogP contribution in [-0.4, -0.2) is 67.1 Å². The number of anilines is 4. The molecule has 4 aromatic carbocycles. The fourth-order valence-electron chi connectivity index (χ4n) is 4.65. The molecule has 0 unspecified atom stereocenters. The number of nitro groups is 1. The highest BCUT2D eigenvalue weighted by molar-refractivity contribution is 14.1. The molecule has 0 spiro atoms. The summed E-state index contributed by atoms with van der Waals surface area (Å²) in [5.41, 5.74) is 5.92. The average molecular weight is 971 g/mol. The fraction of sp³-hybridized carbons (Fsp3) is 0.278. The van der Waals surface area contributed by atoms with Gasteiger partial charge in [0.2, 0.25) is 0 Å². The summed E-state index contributed by atoms with van der Waals surface area (Å²) in [4.78, 5) is 37.6. The minimum absolute atomic E-state index is 0.0395. The van der Waals surface area contributed by atoms with Crippen molar-refractivity contribution in [3.05, 3.63) is 117 Å². The second kappa shape index (κ2) is 20.5. The van der Waals surface area contributed by atoms with Crippen LogP contribution in [0.1, 0.15) is 44.7 Å². The maximum atomic E-state index is 12.6.